The smallest absolute Gasteiger partial charge is 0.332 e. The zero-order valence-corrected chi connectivity index (χ0v) is 19.3. The lowest BCUT2D eigenvalue weighted by Gasteiger charge is -2.44. The van der Waals surface area contributed by atoms with Gasteiger partial charge in [0.2, 0.25) is 0 Å². The molecule has 0 bridgehead atoms. The van der Waals surface area contributed by atoms with E-state index in [-0.39, 0.29) is 18.3 Å². The first-order valence-corrected chi connectivity index (χ1v) is 12.3. The first kappa shape index (κ1) is 23.6. The van der Waals surface area contributed by atoms with Gasteiger partial charge in [-0.3, -0.25) is 5.32 Å². The van der Waals surface area contributed by atoms with E-state index in [9.17, 15) is 9.90 Å². The molecule has 1 aliphatic heterocycles. The van der Waals surface area contributed by atoms with Crippen LogP contribution in [0.4, 0.5) is 0 Å². The standard InChI is InChI=1S/C19H39NO5Si/c1-16(2,3)24-15(22)19(13-23-18(7,8)20-19)14(11-12-21)25-26(9,10)17(4,5)6/h14,20-21H,11-13H2,1-10H3/t14-,19-/m1/s1. The third-order valence-corrected chi connectivity index (χ3v) is 9.62. The van der Waals surface area contributed by atoms with Gasteiger partial charge in [0.25, 0.3) is 0 Å². The van der Waals surface area contributed by atoms with Gasteiger partial charge < -0.3 is 19.0 Å². The molecule has 1 heterocycles. The highest BCUT2D eigenvalue weighted by atomic mass is 28.4. The van der Waals surface area contributed by atoms with Gasteiger partial charge in [0, 0.05) is 6.61 Å². The zero-order valence-electron chi connectivity index (χ0n) is 18.3. The third kappa shape index (κ3) is 5.52. The molecule has 1 fully saturated rings. The van der Waals surface area contributed by atoms with Crippen LogP contribution in [0.1, 0.15) is 61.8 Å². The van der Waals surface area contributed by atoms with Gasteiger partial charge in [-0.1, -0.05) is 20.8 Å². The Hall–Kier alpha value is -0.473. The predicted molar refractivity (Wildman–Crippen MR) is 106 cm³/mol. The Morgan fingerprint density at radius 2 is 1.77 bits per heavy atom. The Morgan fingerprint density at radius 3 is 2.12 bits per heavy atom. The van der Waals surface area contributed by atoms with E-state index in [0.717, 1.165) is 0 Å². The summed E-state index contributed by atoms with van der Waals surface area (Å²) in [5, 5.41) is 13.0. The normalized spacial score (nSPS) is 25.2. The van der Waals surface area contributed by atoms with Gasteiger partial charge in [-0.05, 0) is 59.2 Å². The molecule has 0 aromatic rings. The van der Waals surface area contributed by atoms with Crippen LogP contribution in [0.15, 0.2) is 0 Å². The number of esters is 1. The van der Waals surface area contributed by atoms with E-state index in [1.807, 2.05) is 34.6 Å². The van der Waals surface area contributed by atoms with Crippen LogP contribution in [0.2, 0.25) is 18.1 Å². The van der Waals surface area contributed by atoms with Crippen molar-refractivity contribution in [1.29, 1.82) is 0 Å². The minimum absolute atomic E-state index is 0.0230. The van der Waals surface area contributed by atoms with Crippen LogP contribution in [0, 0.1) is 0 Å². The number of nitrogens with one attached hydrogen (secondary N) is 1. The predicted octanol–water partition coefficient (Wildman–Crippen LogP) is 3.20. The van der Waals surface area contributed by atoms with Crippen LogP contribution in [0.5, 0.6) is 0 Å². The quantitative estimate of drug-likeness (QED) is 0.537. The molecule has 1 rings (SSSR count). The molecule has 0 aromatic carbocycles. The molecule has 1 saturated heterocycles. The Balaban J connectivity index is 3.30. The summed E-state index contributed by atoms with van der Waals surface area (Å²) in [7, 11) is -2.19. The summed E-state index contributed by atoms with van der Waals surface area (Å²) >= 11 is 0. The molecule has 0 spiro atoms. The molecule has 0 saturated carbocycles. The Kier molecular flexibility index (Phi) is 6.80. The lowest BCUT2D eigenvalue weighted by atomic mass is 9.91. The Morgan fingerprint density at radius 1 is 1.23 bits per heavy atom. The molecular formula is C19H39NO5Si. The van der Waals surface area contributed by atoms with Crippen LogP contribution in [-0.2, 0) is 18.7 Å². The van der Waals surface area contributed by atoms with Crippen molar-refractivity contribution in [2.75, 3.05) is 13.2 Å². The summed E-state index contributed by atoms with van der Waals surface area (Å²) in [5.41, 5.74) is -2.45. The van der Waals surface area contributed by atoms with Crippen molar-refractivity contribution in [3.8, 4) is 0 Å². The van der Waals surface area contributed by atoms with E-state index in [2.05, 4.69) is 39.2 Å². The number of ether oxygens (including phenoxy) is 2. The Bertz CT molecular complexity index is 507. The fourth-order valence-corrected chi connectivity index (χ4v) is 4.13. The third-order valence-electron chi connectivity index (χ3n) is 5.13. The second-order valence-corrected chi connectivity index (χ2v) is 15.0. The number of rotatable bonds is 6. The number of aliphatic hydroxyl groups excluding tert-OH is 1. The molecule has 2 N–H and O–H groups in total. The van der Waals surface area contributed by atoms with Crippen molar-refractivity contribution in [3.05, 3.63) is 0 Å². The number of hydrogen-bond acceptors (Lipinski definition) is 6. The van der Waals surface area contributed by atoms with E-state index < -0.39 is 37.3 Å². The highest BCUT2D eigenvalue weighted by molar-refractivity contribution is 6.74. The topological polar surface area (TPSA) is 77.0 Å². The summed E-state index contributed by atoms with van der Waals surface area (Å²) in [5.74, 6) is -0.396. The van der Waals surface area contributed by atoms with Crippen molar-refractivity contribution < 1.29 is 23.8 Å². The minimum Gasteiger partial charge on any atom is -0.458 e. The first-order valence-electron chi connectivity index (χ1n) is 9.41. The van der Waals surface area contributed by atoms with Gasteiger partial charge in [0.05, 0.1) is 12.7 Å². The molecule has 7 heteroatoms. The van der Waals surface area contributed by atoms with Crippen LogP contribution in [-0.4, -0.2) is 55.6 Å². The summed E-state index contributed by atoms with van der Waals surface area (Å²) in [4.78, 5) is 13.2. The SMILES string of the molecule is CC(C)(C)OC(=O)[C@]1([C@@H](CCO)O[Si](C)(C)C(C)(C)C)COC(C)(C)N1. The van der Waals surface area contributed by atoms with E-state index in [1.54, 1.807) is 0 Å². The van der Waals surface area contributed by atoms with Crippen LogP contribution in [0.25, 0.3) is 0 Å². The molecule has 1 aliphatic rings. The maximum atomic E-state index is 13.2. The molecule has 0 radical (unpaired) electrons. The van der Waals surface area contributed by atoms with Gasteiger partial charge in [0.1, 0.15) is 11.3 Å². The summed E-state index contributed by atoms with van der Waals surface area (Å²) in [6.45, 7) is 20.1. The second kappa shape index (κ2) is 7.51. The molecule has 0 aliphatic carbocycles. The van der Waals surface area contributed by atoms with Gasteiger partial charge in [-0.25, -0.2) is 4.79 Å². The number of aliphatic hydroxyl groups is 1. The Labute approximate surface area is 160 Å². The molecule has 0 unspecified atom stereocenters. The minimum atomic E-state index is -2.19. The average Bonchev–Trinajstić information content (AvgIpc) is 2.72. The van der Waals surface area contributed by atoms with Crippen molar-refractivity contribution >= 4 is 14.3 Å². The van der Waals surface area contributed by atoms with E-state index in [0.29, 0.717) is 6.42 Å². The van der Waals surface area contributed by atoms with Gasteiger partial charge in [-0.15, -0.1) is 0 Å². The van der Waals surface area contributed by atoms with Crippen molar-refractivity contribution in [1.82, 2.24) is 5.32 Å². The fraction of sp³-hybridized carbons (Fsp3) is 0.947. The molecular weight excluding hydrogens is 350 g/mol. The lowest BCUT2D eigenvalue weighted by Crippen LogP contribution is -2.66. The lowest BCUT2D eigenvalue weighted by molar-refractivity contribution is -0.167. The molecule has 0 amide bonds. The van der Waals surface area contributed by atoms with E-state index >= 15 is 0 Å². The summed E-state index contributed by atoms with van der Waals surface area (Å²) in [6.07, 6.45) is -0.205. The van der Waals surface area contributed by atoms with Gasteiger partial charge >= 0.3 is 5.97 Å². The van der Waals surface area contributed by atoms with Crippen molar-refractivity contribution in [3.63, 3.8) is 0 Å². The maximum Gasteiger partial charge on any atom is 0.332 e. The largest absolute Gasteiger partial charge is 0.458 e. The average molecular weight is 390 g/mol. The summed E-state index contributed by atoms with van der Waals surface area (Å²) < 4.78 is 18.2. The second-order valence-electron chi connectivity index (χ2n) is 10.3. The summed E-state index contributed by atoms with van der Waals surface area (Å²) in [6, 6.07) is 0. The van der Waals surface area contributed by atoms with Gasteiger partial charge in [-0.2, -0.15) is 0 Å². The van der Waals surface area contributed by atoms with Crippen LogP contribution < -0.4 is 5.32 Å². The molecule has 0 aromatic heterocycles. The molecule has 154 valence electrons. The van der Waals surface area contributed by atoms with E-state index in [1.165, 1.54) is 0 Å². The van der Waals surface area contributed by atoms with Crippen molar-refractivity contribution in [2.24, 2.45) is 0 Å². The monoisotopic (exact) mass is 389 g/mol. The molecule has 2 atom stereocenters. The fourth-order valence-electron chi connectivity index (χ4n) is 2.74. The van der Waals surface area contributed by atoms with Crippen LogP contribution >= 0.6 is 0 Å². The van der Waals surface area contributed by atoms with Crippen LogP contribution in [0.3, 0.4) is 0 Å². The maximum absolute atomic E-state index is 13.2. The van der Waals surface area contributed by atoms with E-state index in [4.69, 9.17) is 13.9 Å². The van der Waals surface area contributed by atoms with Gasteiger partial charge in [0.15, 0.2) is 13.9 Å². The highest BCUT2D eigenvalue weighted by Crippen LogP contribution is 2.41. The zero-order chi connectivity index (χ0) is 20.6. The first-order chi connectivity index (χ1) is 11.5. The molecule has 26 heavy (non-hydrogen) atoms. The molecule has 6 nitrogen and oxygen atoms in total. The number of carbonyl (C=O) groups excluding carboxylic acids is 1. The van der Waals surface area contributed by atoms with Crippen molar-refractivity contribution in [2.45, 2.75) is 103 Å². The highest BCUT2D eigenvalue weighted by Gasteiger charge is 2.58. The number of carbonyl (C=O) groups is 1. The number of hydrogen-bond donors (Lipinski definition) is 2.